The van der Waals surface area contributed by atoms with Gasteiger partial charge in [0, 0.05) is 39.3 Å². The van der Waals surface area contributed by atoms with Gasteiger partial charge in [0.25, 0.3) is 0 Å². The molecule has 0 radical (unpaired) electrons. The van der Waals surface area contributed by atoms with Crippen molar-refractivity contribution in [1.82, 2.24) is 4.98 Å². The average molecular weight is 281 g/mol. The molecule has 0 aliphatic heterocycles. The zero-order valence-corrected chi connectivity index (χ0v) is 9.95. The average Bonchev–Trinajstić information content (AvgIpc) is 2.62. The molecule has 1 N–H and O–H groups in total. The van der Waals surface area contributed by atoms with Gasteiger partial charge in [-0.15, -0.1) is 0 Å². The Kier molecular flexibility index (Phi) is 2.04. The van der Waals surface area contributed by atoms with Crippen molar-refractivity contribution in [3.8, 4) is 0 Å². The van der Waals surface area contributed by atoms with Crippen molar-refractivity contribution >= 4 is 26.8 Å². The van der Waals surface area contributed by atoms with Gasteiger partial charge >= 0.3 is 0 Å². The Balaban J connectivity index is 2.22. The smallest absolute Gasteiger partial charge is 0.221 e. The summed E-state index contributed by atoms with van der Waals surface area (Å²) < 4.78 is 0.965. The van der Waals surface area contributed by atoms with E-state index in [0.29, 0.717) is 12.8 Å². The highest BCUT2D eigenvalue weighted by Gasteiger charge is 2.29. The van der Waals surface area contributed by atoms with Gasteiger partial charge in [0.15, 0.2) is 0 Å². The van der Waals surface area contributed by atoms with Crippen LogP contribution >= 0.6 is 15.9 Å². The molecule has 0 spiro atoms. The number of nitrogens with zero attached hydrogens (tertiary/aromatic N) is 1. The first kappa shape index (κ1) is 9.84. The highest BCUT2D eigenvalue weighted by molar-refractivity contribution is 9.10. The highest BCUT2D eigenvalue weighted by Crippen LogP contribution is 2.32. The molecule has 4 nitrogen and oxygen atoms in total. The Morgan fingerprint density at radius 2 is 2.12 bits per heavy atom. The predicted octanol–water partition coefficient (Wildman–Crippen LogP) is 2.67. The molecule has 1 atom stereocenters. The summed E-state index contributed by atoms with van der Waals surface area (Å²) in [4.78, 5) is 13.9. The van der Waals surface area contributed by atoms with Gasteiger partial charge < -0.3 is 4.98 Å². The largest absolute Gasteiger partial charge is 0.361 e. The molecule has 0 amide bonds. The first-order valence-electron chi connectivity index (χ1n) is 5.07. The number of aromatic amines is 1. The molecule has 0 saturated carbocycles. The van der Waals surface area contributed by atoms with E-state index in [2.05, 4.69) is 20.9 Å². The minimum absolute atomic E-state index is 0.178. The third-order valence-corrected chi connectivity index (χ3v) is 3.57. The van der Waals surface area contributed by atoms with Crippen LogP contribution in [0.4, 0.5) is 0 Å². The van der Waals surface area contributed by atoms with Crippen molar-refractivity contribution < 1.29 is 4.92 Å². The van der Waals surface area contributed by atoms with Gasteiger partial charge in [-0.1, -0.05) is 15.9 Å². The van der Waals surface area contributed by atoms with Crippen LogP contribution in [0.15, 0.2) is 22.8 Å². The molecule has 1 aliphatic carbocycles. The third-order valence-electron chi connectivity index (χ3n) is 3.12. The molecule has 1 aliphatic rings. The number of benzene rings is 1. The quantitative estimate of drug-likeness (QED) is 0.645. The van der Waals surface area contributed by atoms with Gasteiger partial charge in [-0.2, -0.15) is 0 Å². The van der Waals surface area contributed by atoms with Crippen LogP contribution in [0, 0.1) is 10.1 Å². The Bertz CT molecular complexity index is 591. The van der Waals surface area contributed by atoms with Crippen molar-refractivity contribution in [2.45, 2.75) is 18.9 Å². The molecule has 1 aromatic carbocycles. The van der Waals surface area contributed by atoms with E-state index in [9.17, 15) is 10.1 Å². The number of nitrogens with one attached hydrogen (secondary N) is 1. The van der Waals surface area contributed by atoms with Crippen molar-refractivity contribution in [3.63, 3.8) is 0 Å². The molecule has 1 heterocycles. The van der Waals surface area contributed by atoms with Crippen LogP contribution in [-0.2, 0) is 12.8 Å². The molecule has 3 rings (SSSR count). The summed E-state index contributed by atoms with van der Waals surface area (Å²) in [5, 5.41) is 12.0. The Morgan fingerprint density at radius 3 is 2.88 bits per heavy atom. The minimum atomic E-state index is -0.485. The molecule has 0 saturated heterocycles. The second-order valence-electron chi connectivity index (χ2n) is 4.15. The fourth-order valence-corrected chi connectivity index (χ4v) is 2.95. The maximum atomic E-state index is 10.9. The summed E-state index contributed by atoms with van der Waals surface area (Å²) in [6.45, 7) is 0. The molecule has 2 aromatic rings. The molecule has 1 unspecified atom stereocenters. The van der Waals surface area contributed by atoms with Gasteiger partial charge in [0.1, 0.15) is 0 Å². The van der Waals surface area contributed by atoms with Gasteiger partial charge in [-0.05, 0) is 23.3 Å². The molecule has 0 bridgehead atoms. The Morgan fingerprint density at radius 1 is 1.38 bits per heavy atom. The summed E-state index contributed by atoms with van der Waals surface area (Å²) >= 11 is 3.42. The number of H-pyrrole nitrogens is 1. The molecule has 5 heteroatoms. The first-order chi connectivity index (χ1) is 7.65. The van der Waals surface area contributed by atoms with Crippen molar-refractivity contribution in [1.29, 1.82) is 0 Å². The standard InChI is InChI=1S/C11H9BrN2O2/c12-8-1-6-2-9(14(15)16)3-7-5-13-10(4-8)11(6)7/h1,4-5,9,13H,2-3H2. The van der Waals surface area contributed by atoms with Crippen LogP contribution in [0.3, 0.4) is 0 Å². The molecule has 0 fully saturated rings. The van der Waals surface area contributed by atoms with Crippen molar-refractivity contribution in [3.05, 3.63) is 44.0 Å². The summed E-state index contributed by atoms with van der Waals surface area (Å²) in [6.07, 6.45) is 2.94. The lowest BCUT2D eigenvalue weighted by Crippen LogP contribution is -2.27. The monoisotopic (exact) mass is 280 g/mol. The van der Waals surface area contributed by atoms with Crippen LogP contribution in [0.25, 0.3) is 10.9 Å². The fourth-order valence-electron chi connectivity index (χ4n) is 2.44. The van der Waals surface area contributed by atoms with Crippen LogP contribution in [0.2, 0.25) is 0 Å². The van der Waals surface area contributed by atoms with Crippen LogP contribution in [0.1, 0.15) is 11.1 Å². The molecule has 82 valence electrons. The van der Waals surface area contributed by atoms with Crippen molar-refractivity contribution in [2.24, 2.45) is 0 Å². The SMILES string of the molecule is O=[N+]([O-])C1Cc2c[nH]c3cc(Br)cc(c23)C1. The molecular formula is C11H9BrN2O2. The topological polar surface area (TPSA) is 58.9 Å². The summed E-state index contributed by atoms with van der Waals surface area (Å²) in [6, 6.07) is 3.50. The minimum Gasteiger partial charge on any atom is -0.361 e. The fraction of sp³-hybridized carbons (Fsp3) is 0.273. The van der Waals surface area contributed by atoms with Gasteiger partial charge in [-0.25, -0.2) is 0 Å². The van der Waals surface area contributed by atoms with E-state index in [1.54, 1.807) is 0 Å². The number of hydrogen-bond donors (Lipinski definition) is 1. The zero-order chi connectivity index (χ0) is 11.3. The number of rotatable bonds is 1. The second kappa shape index (κ2) is 3.31. The maximum absolute atomic E-state index is 10.9. The van der Waals surface area contributed by atoms with E-state index in [1.165, 1.54) is 5.39 Å². The lowest BCUT2D eigenvalue weighted by atomic mass is 9.90. The molecule has 1 aromatic heterocycles. The van der Waals surface area contributed by atoms with Gasteiger partial charge in [0.05, 0.1) is 0 Å². The maximum Gasteiger partial charge on any atom is 0.221 e. The van der Waals surface area contributed by atoms with Gasteiger partial charge in [0.2, 0.25) is 6.04 Å². The Hall–Kier alpha value is -1.36. The number of halogens is 1. The van der Waals surface area contributed by atoms with Crippen molar-refractivity contribution in [2.75, 3.05) is 0 Å². The number of aromatic nitrogens is 1. The van der Waals surface area contributed by atoms with Gasteiger partial charge in [-0.3, -0.25) is 10.1 Å². The highest BCUT2D eigenvalue weighted by atomic mass is 79.9. The van der Waals surface area contributed by atoms with E-state index < -0.39 is 6.04 Å². The summed E-state index contributed by atoms with van der Waals surface area (Å²) in [5.41, 5.74) is 3.18. The number of hydrogen-bond acceptors (Lipinski definition) is 2. The predicted molar refractivity (Wildman–Crippen MR) is 64.2 cm³/mol. The van der Waals surface area contributed by atoms with Crippen LogP contribution < -0.4 is 0 Å². The van der Waals surface area contributed by atoms with Crippen LogP contribution in [-0.4, -0.2) is 15.9 Å². The Labute approximate surface area is 99.9 Å². The zero-order valence-electron chi connectivity index (χ0n) is 8.37. The first-order valence-corrected chi connectivity index (χ1v) is 5.86. The van der Waals surface area contributed by atoms with E-state index >= 15 is 0 Å². The summed E-state index contributed by atoms with van der Waals surface area (Å²) in [7, 11) is 0. The lowest BCUT2D eigenvalue weighted by molar-refractivity contribution is -0.521. The normalized spacial score (nSPS) is 18.9. The molecular weight excluding hydrogens is 272 g/mol. The van der Waals surface area contributed by atoms with E-state index in [1.807, 2.05) is 18.3 Å². The van der Waals surface area contributed by atoms with E-state index in [4.69, 9.17) is 0 Å². The summed E-state index contributed by atoms with van der Waals surface area (Å²) in [5.74, 6) is 0. The van der Waals surface area contributed by atoms with E-state index in [0.717, 1.165) is 21.1 Å². The second-order valence-corrected chi connectivity index (χ2v) is 5.06. The van der Waals surface area contributed by atoms with E-state index in [-0.39, 0.29) is 4.92 Å². The third kappa shape index (κ3) is 1.35. The number of nitro groups is 1. The van der Waals surface area contributed by atoms with Crippen LogP contribution in [0.5, 0.6) is 0 Å². The lowest BCUT2D eigenvalue weighted by Gasteiger charge is -2.16. The molecule has 16 heavy (non-hydrogen) atoms.